The molecule has 3 rings (SSSR count). The third kappa shape index (κ3) is 5.26. The minimum absolute atomic E-state index is 0.00230. The van der Waals surface area contributed by atoms with Gasteiger partial charge in [0.25, 0.3) is 11.8 Å². The molecule has 8 nitrogen and oxygen atoms in total. The van der Waals surface area contributed by atoms with Crippen LogP contribution in [0.25, 0.3) is 0 Å². The highest BCUT2D eigenvalue weighted by Crippen LogP contribution is 2.34. The maximum absolute atomic E-state index is 14.2. The van der Waals surface area contributed by atoms with E-state index >= 15 is 0 Å². The Morgan fingerprint density at radius 1 is 1.12 bits per heavy atom. The van der Waals surface area contributed by atoms with Crippen LogP contribution in [-0.4, -0.2) is 52.6 Å². The molecule has 1 aromatic heterocycles. The Balaban J connectivity index is 1.83. The zero-order valence-electron chi connectivity index (χ0n) is 17.8. The van der Waals surface area contributed by atoms with E-state index < -0.39 is 41.0 Å². The molecule has 2 heterocycles. The van der Waals surface area contributed by atoms with E-state index in [0.29, 0.717) is 17.5 Å². The van der Waals surface area contributed by atoms with Crippen LogP contribution < -0.4 is 10.2 Å². The highest BCUT2D eigenvalue weighted by atomic mass is 19.4. The van der Waals surface area contributed by atoms with Crippen molar-refractivity contribution < 1.29 is 31.9 Å². The van der Waals surface area contributed by atoms with Crippen molar-refractivity contribution in [1.82, 2.24) is 20.4 Å². The van der Waals surface area contributed by atoms with Crippen LogP contribution in [0.2, 0.25) is 0 Å². The van der Waals surface area contributed by atoms with Gasteiger partial charge in [0, 0.05) is 19.6 Å². The molecule has 0 radical (unpaired) electrons. The molecule has 0 unspecified atom stereocenters. The molecule has 0 atom stereocenters. The topological polar surface area (TPSA) is 95.5 Å². The first-order valence-corrected chi connectivity index (χ1v) is 10.1. The summed E-state index contributed by atoms with van der Waals surface area (Å²) in [5.74, 6) is -3.00. The Labute approximate surface area is 186 Å². The van der Waals surface area contributed by atoms with Crippen LogP contribution >= 0.6 is 0 Å². The summed E-state index contributed by atoms with van der Waals surface area (Å²) in [5, 5.41) is 10.3. The van der Waals surface area contributed by atoms with Gasteiger partial charge in [-0.15, -0.1) is 10.2 Å². The predicted octanol–water partition coefficient (Wildman–Crippen LogP) is 3.49. The molecule has 1 N–H and O–H groups in total. The van der Waals surface area contributed by atoms with Gasteiger partial charge in [-0.2, -0.15) is 13.2 Å². The number of aromatic nitrogens is 2. The molecule has 1 saturated heterocycles. The molecule has 0 bridgehead atoms. The third-order valence-corrected chi connectivity index (χ3v) is 4.83. The number of nitrogens with zero attached hydrogens (tertiary/aromatic N) is 4. The monoisotopic (exact) mass is 467 g/mol. The number of rotatable bonds is 5. The van der Waals surface area contributed by atoms with Crippen LogP contribution in [0.1, 0.15) is 46.7 Å². The number of carbonyl (C=O) groups is 3. The Hall–Kier alpha value is -3.57. The number of hydrogen-bond donors (Lipinski definition) is 1. The molecule has 0 saturated carbocycles. The van der Waals surface area contributed by atoms with Gasteiger partial charge in [0.1, 0.15) is 5.82 Å². The highest BCUT2D eigenvalue weighted by Gasteiger charge is 2.41. The van der Waals surface area contributed by atoms with Gasteiger partial charge in [-0.05, 0) is 36.6 Å². The number of alkyl halides is 3. The summed E-state index contributed by atoms with van der Waals surface area (Å²) in [6.45, 7) is 4.19. The average Bonchev–Trinajstić information content (AvgIpc) is 2.76. The van der Waals surface area contributed by atoms with Gasteiger partial charge in [0.2, 0.25) is 0 Å². The molecule has 33 heavy (non-hydrogen) atoms. The number of anilines is 1. The number of nitrogens with one attached hydrogen (secondary N) is 1. The zero-order chi connectivity index (χ0) is 24.3. The Morgan fingerprint density at radius 3 is 2.45 bits per heavy atom. The lowest BCUT2D eigenvalue weighted by Gasteiger charge is -2.33. The molecule has 1 fully saturated rings. The van der Waals surface area contributed by atoms with Crippen molar-refractivity contribution in [2.75, 3.05) is 24.5 Å². The maximum Gasteiger partial charge on any atom is 0.417 e. The van der Waals surface area contributed by atoms with E-state index in [4.69, 9.17) is 0 Å². The molecule has 2 aromatic rings. The van der Waals surface area contributed by atoms with Crippen molar-refractivity contribution in [2.45, 2.75) is 26.4 Å². The van der Waals surface area contributed by atoms with Crippen molar-refractivity contribution in [3.63, 3.8) is 0 Å². The quantitative estimate of drug-likeness (QED) is 0.680. The number of halogens is 4. The van der Waals surface area contributed by atoms with Crippen molar-refractivity contribution in [3.8, 4) is 0 Å². The lowest BCUT2D eigenvalue weighted by Crippen LogP contribution is -2.52. The zero-order valence-corrected chi connectivity index (χ0v) is 17.8. The van der Waals surface area contributed by atoms with E-state index in [1.165, 1.54) is 12.1 Å². The molecule has 0 aliphatic carbocycles. The van der Waals surface area contributed by atoms with Crippen LogP contribution in [0.15, 0.2) is 30.3 Å². The number of hydrogen-bond acceptors (Lipinski definition) is 5. The summed E-state index contributed by atoms with van der Waals surface area (Å²) in [5.41, 5.74) is -2.67. The van der Waals surface area contributed by atoms with Crippen molar-refractivity contribution in [1.29, 1.82) is 0 Å². The largest absolute Gasteiger partial charge is 0.417 e. The number of carbonyl (C=O) groups excluding carboxylic acids is 3. The van der Waals surface area contributed by atoms with Crippen molar-refractivity contribution in [2.24, 2.45) is 5.92 Å². The van der Waals surface area contributed by atoms with Gasteiger partial charge >= 0.3 is 12.2 Å². The number of amides is 4. The minimum atomic E-state index is -4.98. The third-order valence-electron chi connectivity index (χ3n) is 4.83. The second-order valence-corrected chi connectivity index (χ2v) is 7.79. The van der Waals surface area contributed by atoms with E-state index in [0.717, 1.165) is 17.0 Å². The fraction of sp³-hybridized carbons (Fsp3) is 0.381. The SMILES string of the molecule is CC(C)CNC(=O)c1ccc(N2CCCN(C(=O)c3c(F)cccc3C(F)(F)F)C2=O)nn1. The molecule has 12 heteroatoms. The lowest BCUT2D eigenvalue weighted by molar-refractivity contribution is -0.138. The fourth-order valence-electron chi connectivity index (χ4n) is 3.22. The van der Waals surface area contributed by atoms with Crippen LogP contribution in [0.5, 0.6) is 0 Å². The molecule has 1 aliphatic rings. The second-order valence-electron chi connectivity index (χ2n) is 7.79. The summed E-state index contributed by atoms with van der Waals surface area (Å²) in [6.07, 6.45) is -4.77. The summed E-state index contributed by atoms with van der Waals surface area (Å²) >= 11 is 0. The lowest BCUT2D eigenvalue weighted by atomic mass is 10.0. The Bertz CT molecular complexity index is 1060. The van der Waals surface area contributed by atoms with Gasteiger partial charge in [-0.3, -0.25) is 19.4 Å². The molecule has 1 aliphatic heterocycles. The fourth-order valence-corrected chi connectivity index (χ4v) is 3.22. The standard InChI is InChI=1S/C21H21F4N5O3/c1-12(2)11-26-18(31)15-7-8-16(28-27-15)29-9-4-10-30(20(29)33)19(32)17-13(21(23,24)25)5-3-6-14(17)22/h3,5-8,12H,4,9-11H2,1-2H3,(H,26,31). The normalized spacial score (nSPS) is 14.6. The molecular weight excluding hydrogens is 446 g/mol. The van der Waals surface area contributed by atoms with E-state index in [9.17, 15) is 31.9 Å². The van der Waals surface area contributed by atoms with Gasteiger partial charge in [0.05, 0.1) is 11.1 Å². The molecule has 4 amide bonds. The Kier molecular flexibility index (Phi) is 6.94. The van der Waals surface area contributed by atoms with E-state index in [-0.39, 0.29) is 36.9 Å². The predicted molar refractivity (Wildman–Crippen MR) is 109 cm³/mol. The van der Waals surface area contributed by atoms with E-state index in [1.54, 1.807) is 0 Å². The first-order chi connectivity index (χ1) is 15.5. The molecular formula is C21H21F4N5O3. The summed E-state index contributed by atoms with van der Waals surface area (Å²) in [6, 6.07) is 3.86. The summed E-state index contributed by atoms with van der Waals surface area (Å²) in [4.78, 5) is 39.3. The van der Waals surface area contributed by atoms with Crippen LogP contribution in [-0.2, 0) is 6.18 Å². The van der Waals surface area contributed by atoms with Crippen molar-refractivity contribution >= 4 is 23.7 Å². The smallest absolute Gasteiger partial charge is 0.350 e. The van der Waals surface area contributed by atoms with E-state index in [1.807, 2.05) is 13.8 Å². The van der Waals surface area contributed by atoms with Crippen LogP contribution in [0.4, 0.5) is 28.2 Å². The molecule has 1 aromatic carbocycles. The van der Waals surface area contributed by atoms with Gasteiger partial charge in [-0.1, -0.05) is 19.9 Å². The summed E-state index contributed by atoms with van der Waals surface area (Å²) < 4.78 is 54.2. The summed E-state index contributed by atoms with van der Waals surface area (Å²) in [7, 11) is 0. The van der Waals surface area contributed by atoms with Gasteiger partial charge in [-0.25, -0.2) is 9.18 Å². The average molecular weight is 467 g/mol. The minimum Gasteiger partial charge on any atom is -0.350 e. The van der Waals surface area contributed by atoms with Crippen LogP contribution in [0, 0.1) is 11.7 Å². The van der Waals surface area contributed by atoms with Gasteiger partial charge < -0.3 is 5.32 Å². The van der Waals surface area contributed by atoms with Crippen molar-refractivity contribution in [3.05, 3.63) is 53.0 Å². The molecule has 176 valence electrons. The van der Waals surface area contributed by atoms with Gasteiger partial charge in [0.15, 0.2) is 11.5 Å². The highest BCUT2D eigenvalue weighted by molar-refractivity contribution is 6.09. The van der Waals surface area contributed by atoms with E-state index in [2.05, 4.69) is 15.5 Å². The number of imide groups is 1. The van der Waals surface area contributed by atoms with Crippen LogP contribution in [0.3, 0.4) is 0 Å². The molecule has 0 spiro atoms. The first kappa shape index (κ1) is 24.1. The number of benzene rings is 1. The Morgan fingerprint density at radius 2 is 1.85 bits per heavy atom. The number of urea groups is 1. The maximum atomic E-state index is 14.2. The second kappa shape index (κ2) is 9.51. The first-order valence-electron chi connectivity index (χ1n) is 10.1.